The fourth-order valence-electron chi connectivity index (χ4n) is 2.90. The van der Waals surface area contributed by atoms with Crippen LogP contribution in [0.15, 0.2) is 36.4 Å². The third kappa shape index (κ3) is 2.64. The van der Waals surface area contributed by atoms with Crippen molar-refractivity contribution in [3.8, 4) is 5.75 Å². The van der Waals surface area contributed by atoms with Gasteiger partial charge in [-0.1, -0.05) is 29.8 Å². The van der Waals surface area contributed by atoms with E-state index in [0.29, 0.717) is 0 Å². The number of nitrogens with one attached hydrogen (secondary N) is 1. The van der Waals surface area contributed by atoms with Gasteiger partial charge in [0.1, 0.15) is 5.75 Å². The summed E-state index contributed by atoms with van der Waals surface area (Å²) in [6, 6.07) is 13.1. The summed E-state index contributed by atoms with van der Waals surface area (Å²) in [4.78, 5) is 0. The van der Waals surface area contributed by atoms with Gasteiger partial charge in [-0.2, -0.15) is 0 Å². The molecule has 0 saturated carbocycles. The number of fused-ring (bicyclic) bond motifs is 1. The SMILES string of the molecule is COc1ccc(C)cc1Cc1ccc2c(c1)CCCN2. The summed E-state index contributed by atoms with van der Waals surface area (Å²) < 4.78 is 5.47. The molecule has 0 amide bonds. The number of rotatable bonds is 3. The first-order chi connectivity index (χ1) is 9.76. The molecule has 0 unspecified atom stereocenters. The molecule has 0 atom stereocenters. The average molecular weight is 267 g/mol. The molecule has 104 valence electrons. The maximum Gasteiger partial charge on any atom is 0.122 e. The lowest BCUT2D eigenvalue weighted by Gasteiger charge is -2.19. The van der Waals surface area contributed by atoms with E-state index in [2.05, 4.69) is 48.6 Å². The van der Waals surface area contributed by atoms with Crippen LogP contribution in [0, 0.1) is 6.92 Å². The maximum absolute atomic E-state index is 5.47. The van der Waals surface area contributed by atoms with Crippen LogP contribution < -0.4 is 10.1 Å². The van der Waals surface area contributed by atoms with Crippen LogP contribution in [0.25, 0.3) is 0 Å². The second-order valence-corrected chi connectivity index (χ2v) is 5.51. The van der Waals surface area contributed by atoms with E-state index in [1.54, 1.807) is 7.11 Å². The van der Waals surface area contributed by atoms with Gasteiger partial charge in [-0.25, -0.2) is 0 Å². The standard InChI is InChI=1S/C18H21NO/c1-13-5-8-18(20-2)16(10-13)12-14-6-7-17-15(11-14)4-3-9-19-17/h5-8,10-11,19H,3-4,9,12H2,1-2H3. The summed E-state index contributed by atoms with van der Waals surface area (Å²) in [6.45, 7) is 3.22. The second-order valence-electron chi connectivity index (χ2n) is 5.51. The number of hydrogen-bond acceptors (Lipinski definition) is 2. The Balaban J connectivity index is 1.89. The minimum absolute atomic E-state index is 0.929. The lowest BCUT2D eigenvalue weighted by molar-refractivity contribution is 0.410. The highest BCUT2D eigenvalue weighted by Gasteiger charge is 2.10. The molecular formula is C18H21NO. The van der Waals surface area contributed by atoms with Crippen molar-refractivity contribution in [3.05, 3.63) is 58.7 Å². The first-order valence-corrected chi connectivity index (χ1v) is 7.25. The third-order valence-electron chi connectivity index (χ3n) is 3.94. The fraction of sp³-hybridized carbons (Fsp3) is 0.333. The molecule has 2 aromatic carbocycles. The van der Waals surface area contributed by atoms with E-state index in [9.17, 15) is 0 Å². The average Bonchev–Trinajstić information content (AvgIpc) is 2.47. The number of hydrogen-bond donors (Lipinski definition) is 1. The molecule has 1 aliphatic heterocycles. The molecule has 3 rings (SSSR count). The van der Waals surface area contributed by atoms with Crippen molar-refractivity contribution in [2.24, 2.45) is 0 Å². The number of aryl methyl sites for hydroxylation is 2. The number of methoxy groups -OCH3 is 1. The van der Waals surface area contributed by atoms with Crippen molar-refractivity contribution in [3.63, 3.8) is 0 Å². The van der Waals surface area contributed by atoms with Crippen LogP contribution in [0.2, 0.25) is 0 Å². The summed E-state index contributed by atoms with van der Waals surface area (Å²) in [6.07, 6.45) is 3.34. The lowest BCUT2D eigenvalue weighted by Crippen LogP contribution is -2.11. The second kappa shape index (κ2) is 5.58. The number of benzene rings is 2. The molecule has 1 N–H and O–H groups in total. The van der Waals surface area contributed by atoms with E-state index in [4.69, 9.17) is 4.74 Å². The first-order valence-electron chi connectivity index (χ1n) is 7.25. The minimum Gasteiger partial charge on any atom is -0.496 e. The minimum atomic E-state index is 0.929. The van der Waals surface area contributed by atoms with Gasteiger partial charge in [-0.15, -0.1) is 0 Å². The van der Waals surface area contributed by atoms with Crippen molar-refractivity contribution in [2.45, 2.75) is 26.2 Å². The summed E-state index contributed by atoms with van der Waals surface area (Å²) in [5.74, 6) is 0.978. The van der Waals surface area contributed by atoms with Crippen molar-refractivity contribution in [2.75, 3.05) is 19.0 Å². The van der Waals surface area contributed by atoms with E-state index in [1.165, 1.54) is 40.8 Å². The van der Waals surface area contributed by atoms with E-state index in [0.717, 1.165) is 18.7 Å². The van der Waals surface area contributed by atoms with Crippen LogP contribution in [-0.4, -0.2) is 13.7 Å². The molecular weight excluding hydrogens is 246 g/mol. The van der Waals surface area contributed by atoms with Crippen molar-refractivity contribution in [1.82, 2.24) is 0 Å². The van der Waals surface area contributed by atoms with Crippen LogP contribution in [0.5, 0.6) is 5.75 Å². The zero-order chi connectivity index (χ0) is 13.9. The van der Waals surface area contributed by atoms with Gasteiger partial charge in [0.2, 0.25) is 0 Å². The summed E-state index contributed by atoms with van der Waals surface area (Å²) in [5, 5.41) is 3.46. The smallest absolute Gasteiger partial charge is 0.122 e. The van der Waals surface area contributed by atoms with Crippen molar-refractivity contribution in [1.29, 1.82) is 0 Å². The van der Waals surface area contributed by atoms with E-state index >= 15 is 0 Å². The zero-order valence-corrected chi connectivity index (χ0v) is 12.2. The largest absolute Gasteiger partial charge is 0.496 e. The predicted octanol–water partition coefficient (Wildman–Crippen LogP) is 3.95. The van der Waals surface area contributed by atoms with E-state index in [1.807, 2.05) is 0 Å². The monoisotopic (exact) mass is 267 g/mol. The molecule has 2 nitrogen and oxygen atoms in total. The molecule has 2 heteroatoms. The Morgan fingerprint density at radius 2 is 2.05 bits per heavy atom. The highest BCUT2D eigenvalue weighted by molar-refractivity contribution is 5.55. The molecule has 1 heterocycles. The van der Waals surface area contributed by atoms with E-state index in [-0.39, 0.29) is 0 Å². The number of ether oxygens (including phenoxy) is 1. The quantitative estimate of drug-likeness (QED) is 0.909. The Labute approximate surface area is 120 Å². The van der Waals surface area contributed by atoms with Gasteiger partial charge < -0.3 is 10.1 Å². The third-order valence-corrected chi connectivity index (χ3v) is 3.94. The summed E-state index contributed by atoms with van der Waals surface area (Å²) >= 11 is 0. The van der Waals surface area contributed by atoms with Gasteiger partial charge in [0, 0.05) is 18.7 Å². The Bertz CT molecular complexity index is 619. The van der Waals surface area contributed by atoms with Crippen LogP contribution in [0.4, 0.5) is 5.69 Å². The van der Waals surface area contributed by atoms with Crippen LogP contribution >= 0.6 is 0 Å². The lowest BCUT2D eigenvalue weighted by atomic mass is 9.96. The molecule has 0 aromatic heterocycles. The molecule has 1 aliphatic rings. The summed E-state index contributed by atoms with van der Waals surface area (Å²) in [5.41, 5.74) is 6.64. The van der Waals surface area contributed by atoms with Gasteiger partial charge in [-0.3, -0.25) is 0 Å². The Morgan fingerprint density at radius 1 is 1.15 bits per heavy atom. The molecule has 0 aliphatic carbocycles. The van der Waals surface area contributed by atoms with Gasteiger partial charge in [0.05, 0.1) is 7.11 Å². The normalized spacial score (nSPS) is 13.5. The van der Waals surface area contributed by atoms with Gasteiger partial charge in [-0.05, 0) is 48.6 Å². The van der Waals surface area contributed by atoms with Gasteiger partial charge in [0.15, 0.2) is 0 Å². The predicted molar refractivity (Wildman–Crippen MR) is 83.8 cm³/mol. The first kappa shape index (κ1) is 13.0. The van der Waals surface area contributed by atoms with E-state index < -0.39 is 0 Å². The summed E-state index contributed by atoms with van der Waals surface area (Å²) in [7, 11) is 1.74. The molecule has 0 saturated heterocycles. The molecule has 20 heavy (non-hydrogen) atoms. The van der Waals surface area contributed by atoms with Gasteiger partial charge >= 0.3 is 0 Å². The molecule has 0 fully saturated rings. The Hall–Kier alpha value is -1.96. The van der Waals surface area contributed by atoms with Crippen LogP contribution in [0.1, 0.15) is 28.7 Å². The molecule has 0 spiro atoms. The highest BCUT2D eigenvalue weighted by atomic mass is 16.5. The van der Waals surface area contributed by atoms with Gasteiger partial charge in [0.25, 0.3) is 0 Å². The topological polar surface area (TPSA) is 21.3 Å². The fourth-order valence-corrected chi connectivity index (χ4v) is 2.90. The van der Waals surface area contributed by atoms with Crippen LogP contribution in [-0.2, 0) is 12.8 Å². The van der Waals surface area contributed by atoms with Crippen molar-refractivity contribution >= 4 is 5.69 Å². The molecule has 0 bridgehead atoms. The van der Waals surface area contributed by atoms with Crippen LogP contribution in [0.3, 0.4) is 0 Å². The molecule has 2 aromatic rings. The number of anilines is 1. The Morgan fingerprint density at radius 3 is 2.90 bits per heavy atom. The maximum atomic E-state index is 5.47. The zero-order valence-electron chi connectivity index (χ0n) is 12.2. The van der Waals surface area contributed by atoms with Crippen molar-refractivity contribution < 1.29 is 4.74 Å². The Kier molecular flexibility index (Phi) is 3.64. The highest BCUT2D eigenvalue weighted by Crippen LogP contribution is 2.27. The molecule has 0 radical (unpaired) electrons.